The van der Waals surface area contributed by atoms with Crippen molar-refractivity contribution in [3.05, 3.63) is 17.8 Å². The van der Waals surface area contributed by atoms with Gasteiger partial charge in [-0.15, -0.1) is 11.3 Å². The summed E-state index contributed by atoms with van der Waals surface area (Å²) in [4.78, 5) is 8.11. The van der Waals surface area contributed by atoms with Gasteiger partial charge in [0.2, 0.25) is 0 Å². The van der Waals surface area contributed by atoms with Crippen LogP contribution in [0.5, 0.6) is 0 Å². The Kier molecular flexibility index (Phi) is 2.88. The van der Waals surface area contributed by atoms with Crippen molar-refractivity contribution in [1.29, 1.82) is 5.53 Å². The van der Waals surface area contributed by atoms with Gasteiger partial charge in [-0.1, -0.05) is 5.11 Å². The highest BCUT2D eigenvalue weighted by Crippen LogP contribution is 2.23. The Bertz CT molecular complexity index is 462. The number of azo groups is 1. The lowest BCUT2D eigenvalue weighted by atomic mass is 10.5. The van der Waals surface area contributed by atoms with E-state index in [1.54, 1.807) is 6.20 Å². The number of hydrogen-bond donors (Lipinski definition) is 1. The van der Waals surface area contributed by atoms with E-state index in [9.17, 15) is 0 Å². The molecule has 2 aromatic heterocycles. The van der Waals surface area contributed by atoms with Crippen LogP contribution in [0.15, 0.2) is 37.6 Å². The molecule has 0 bridgehead atoms. The summed E-state index contributed by atoms with van der Waals surface area (Å²) in [6.45, 7) is -0.0189. The Balaban J connectivity index is 2.14. The van der Waals surface area contributed by atoms with E-state index in [0.717, 1.165) is 5.01 Å². The van der Waals surface area contributed by atoms with Crippen molar-refractivity contribution in [2.75, 3.05) is 6.67 Å². The highest BCUT2D eigenvalue weighted by Gasteiger charge is 2.06. The largest absolute Gasteiger partial charge is 0.429 e. The lowest BCUT2D eigenvalue weighted by molar-refractivity contribution is 0.561. The molecule has 0 fully saturated rings. The van der Waals surface area contributed by atoms with Crippen molar-refractivity contribution in [3.8, 4) is 10.7 Å². The summed E-state index contributed by atoms with van der Waals surface area (Å²) in [5, 5.41) is 12.8. The zero-order valence-corrected chi connectivity index (χ0v) is 8.31. The van der Waals surface area contributed by atoms with Crippen molar-refractivity contribution >= 4 is 17.4 Å². The zero-order chi connectivity index (χ0) is 10.5. The number of nitrogens with zero attached hydrogens (tertiary/aromatic N) is 5. The zero-order valence-electron chi connectivity index (χ0n) is 7.49. The Labute approximate surface area is 88.4 Å². The summed E-state index contributed by atoms with van der Waals surface area (Å²) < 4.78 is 5.03. The molecule has 0 unspecified atom stereocenters. The highest BCUT2D eigenvalue weighted by atomic mass is 32.1. The molecule has 0 saturated carbocycles. The average molecular weight is 222 g/mol. The maximum atomic E-state index is 6.50. The summed E-state index contributed by atoms with van der Waals surface area (Å²) >= 11 is 1.46. The van der Waals surface area contributed by atoms with E-state index in [2.05, 4.69) is 25.3 Å². The first-order valence-corrected chi connectivity index (χ1v) is 4.84. The third-order valence-corrected chi connectivity index (χ3v) is 2.23. The molecule has 2 aromatic rings. The van der Waals surface area contributed by atoms with E-state index in [0.29, 0.717) is 5.69 Å². The van der Waals surface area contributed by atoms with Crippen LogP contribution < -0.4 is 0 Å². The van der Waals surface area contributed by atoms with Gasteiger partial charge in [-0.2, -0.15) is 15.2 Å². The Hall–Kier alpha value is -1.96. The number of thiazole rings is 1. The van der Waals surface area contributed by atoms with Crippen molar-refractivity contribution < 1.29 is 4.42 Å². The van der Waals surface area contributed by atoms with E-state index in [1.165, 1.54) is 17.6 Å². The van der Waals surface area contributed by atoms with Crippen LogP contribution in [0.25, 0.3) is 10.7 Å². The van der Waals surface area contributed by atoms with Gasteiger partial charge >= 0.3 is 6.01 Å². The molecular weight excluding hydrogens is 216 g/mol. The molecule has 2 rings (SSSR count). The molecule has 0 spiro atoms. The van der Waals surface area contributed by atoms with Crippen LogP contribution in [0.3, 0.4) is 0 Å². The van der Waals surface area contributed by atoms with Crippen LogP contribution in [0.2, 0.25) is 0 Å². The minimum absolute atomic E-state index is 0.0189. The maximum absolute atomic E-state index is 6.50. The first kappa shape index (κ1) is 9.59. The van der Waals surface area contributed by atoms with Crippen molar-refractivity contribution in [1.82, 2.24) is 9.97 Å². The van der Waals surface area contributed by atoms with Gasteiger partial charge in [0, 0.05) is 11.6 Å². The van der Waals surface area contributed by atoms with Gasteiger partial charge in [0.1, 0.15) is 17.0 Å². The van der Waals surface area contributed by atoms with E-state index in [1.807, 2.05) is 5.38 Å². The van der Waals surface area contributed by atoms with Crippen molar-refractivity contribution in [2.24, 2.45) is 15.3 Å². The summed E-state index contributed by atoms with van der Waals surface area (Å²) in [6, 6.07) is 0.142. The van der Waals surface area contributed by atoms with Crippen LogP contribution >= 0.6 is 11.3 Å². The summed E-state index contributed by atoms with van der Waals surface area (Å²) in [6.07, 6.45) is 3.15. The number of aromatic nitrogens is 2. The van der Waals surface area contributed by atoms with Crippen LogP contribution in [0.1, 0.15) is 0 Å². The molecule has 0 aliphatic carbocycles. The standard InChI is InChI=1S/C7H6N6OS/c8-10-4-11-13-7-12-5(3-14-7)6-9-1-2-15-6/h1-3,8H,4H2. The lowest BCUT2D eigenvalue weighted by Gasteiger charge is -1.82. The molecule has 0 aliphatic rings. The van der Waals surface area contributed by atoms with Crippen molar-refractivity contribution in [2.45, 2.75) is 0 Å². The van der Waals surface area contributed by atoms with Gasteiger partial charge < -0.3 is 4.42 Å². The molecule has 0 atom stereocenters. The minimum Gasteiger partial charge on any atom is -0.429 e. The molecular formula is C7H6N6OS. The summed E-state index contributed by atoms with van der Waals surface area (Å²) in [7, 11) is 0. The fourth-order valence-electron chi connectivity index (χ4n) is 0.882. The lowest BCUT2D eigenvalue weighted by Crippen LogP contribution is -1.73. The first-order chi connectivity index (χ1) is 7.40. The molecule has 0 aliphatic heterocycles. The monoisotopic (exact) mass is 222 g/mol. The van der Waals surface area contributed by atoms with E-state index < -0.39 is 0 Å². The van der Waals surface area contributed by atoms with Gasteiger partial charge in [0.25, 0.3) is 0 Å². The normalized spacial score (nSPS) is 10.9. The van der Waals surface area contributed by atoms with E-state index in [-0.39, 0.29) is 12.7 Å². The first-order valence-electron chi connectivity index (χ1n) is 3.96. The predicted octanol–water partition coefficient (Wildman–Crippen LogP) is 2.87. The van der Waals surface area contributed by atoms with E-state index in [4.69, 9.17) is 9.95 Å². The Morgan fingerprint density at radius 3 is 3.20 bits per heavy atom. The van der Waals surface area contributed by atoms with Crippen LogP contribution in [-0.4, -0.2) is 16.6 Å². The number of oxazole rings is 1. The third-order valence-electron chi connectivity index (χ3n) is 1.43. The van der Waals surface area contributed by atoms with Gasteiger partial charge in [0.15, 0.2) is 6.67 Å². The molecule has 1 N–H and O–H groups in total. The summed E-state index contributed by atoms with van der Waals surface area (Å²) in [5.74, 6) is 0. The van der Waals surface area contributed by atoms with Crippen LogP contribution in [-0.2, 0) is 0 Å². The van der Waals surface area contributed by atoms with E-state index >= 15 is 0 Å². The minimum atomic E-state index is -0.0189. The van der Waals surface area contributed by atoms with Gasteiger partial charge in [0.05, 0.1) is 0 Å². The second-order valence-corrected chi connectivity index (χ2v) is 3.29. The third kappa shape index (κ3) is 2.29. The molecule has 0 aromatic carbocycles. The molecule has 0 amide bonds. The average Bonchev–Trinajstić information content (AvgIpc) is 2.87. The molecule has 0 radical (unpaired) electrons. The SMILES string of the molecule is N=NCN=Nc1nc(-c2nccs2)co1. The fourth-order valence-corrected chi connectivity index (χ4v) is 1.47. The fraction of sp³-hybridized carbons (Fsp3) is 0.143. The number of hydrogen-bond acceptors (Lipinski definition) is 8. The quantitative estimate of drug-likeness (QED) is 0.804. The Morgan fingerprint density at radius 2 is 2.47 bits per heavy atom. The molecule has 2 heterocycles. The molecule has 8 heteroatoms. The smallest absolute Gasteiger partial charge is 0.341 e. The second kappa shape index (κ2) is 4.51. The summed E-state index contributed by atoms with van der Waals surface area (Å²) in [5.41, 5.74) is 7.13. The van der Waals surface area contributed by atoms with Gasteiger partial charge in [-0.25, -0.2) is 10.5 Å². The maximum Gasteiger partial charge on any atom is 0.341 e. The predicted molar refractivity (Wildman–Crippen MR) is 52.1 cm³/mol. The second-order valence-electron chi connectivity index (χ2n) is 2.39. The van der Waals surface area contributed by atoms with Gasteiger partial charge in [-0.05, 0) is 0 Å². The number of rotatable bonds is 4. The topological polar surface area (TPSA) is 99.8 Å². The molecule has 76 valence electrons. The van der Waals surface area contributed by atoms with Crippen LogP contribution in [0, 0.1) is 5.53 Å². The molecule has 0 saturated heterocycles. The van der Waals surface area contributed by atoms with Crippen molar-refractivity contribution in [3.63, 3.8) is 0 Å². The molecule has 7 nitrogen and oxygen atoms in total. The Morgan fingerprint density at radius 1 is 1.53 bits per heavy atom. The van der Waals surface area contributed by atoms with Crippen LogP contribution in [0.4, 0.5) is 6.01 Å². The molecule has 15 heavy (non-hydrogen) atoms. The van der Waals surface area contributed by atoms with Gasteiger partial charge in [-0.3, -0.25) is 0 Å². The number of nitrogens with one attached hydrogen (secondary N) is 1. The highest BCUT2D eigenvalue weighted by molar-refractivity contribution is 7.13.